The van der Waals surface area contributed by atoms with Crippen LogP contribution in [0.5, 0.6) is 0 Å². The molecule has 0 fully saturated rings. The van der Waals surface area contributed by atoms with Crippen molar-refractivity contribution in [3.63, 3.8) is 0 Å². The van der Waals surface area contributed by atoms with Gasteiger partial charge in [-0.1, -0.05) is 168 Å². The zero-order valence-electron chi connectivity index (χ0n) is 49.4. The molecule has 0 unspecified atom stereocenters. The highest BCUT2D eigenvalue weighted by molar-refractivity contribution is 7.00. The Morgan fingerprint density at radius 1 is 0.381 bits per heavy atom. The molecule has 3 heterocycles. The van der Waals surface area contributed by atoms with E-state index in [1.165, 1.54) is 45.3 Å². The number of benzene rings is 9. The number of fused-ring (bicyclic) bond motifs is 7. The predicted molar refractivity (Wildman–Crippen MR) is 337 cm³/mol. The molecular weight excluding hydrogens is 1060 g/mol. The third kappa shape index (κ3) is 9.52. The van der Waals surface area contributed by atoms with Gasteiger partial charge < -0.3 is 14.4 Å². The lowest BCUT2D eigenvalue weighted by Crippen LogP contribution is -2.61. The van der Waals surface area contributed by atoms with Gasteiger partial charge in [0.25, 0.3) is 6.71 Å². The molecule has 422 valence electrons. The van der Waals surface area contributed by atoms with Gasteiger partial charge >= 0.3 is 12.4 Å². The van der Waals surface area contributed by atoms with Crippen LogP contribution in [0, 0.1) is 6.57 Å². The Bertz CT molecular complexity index is 4160. The molecule has 84 heavy (non-hydrogen) atoms. The topological polar surface area (TPSA) is 15.8 Å². The first-order valence-corrected chi connectivity index (χ1v) is 28.5. The molecule has 1 aromatic heterocycles. The fraction of sp³-hybridized carbons (Fsp3) is 0.247. The number of halogens is 6. The molecule has 2 aliphatic rings. The zero-order valence-corrected chi connectivity index (χ0v) is 49.4. The summed E-state index contributed by atoms with van der Waals surface area (Å²) in [6.45, 7) is 34.4. The summed E-state index contributed by atoms with van der Waals surface area (Å²) in [4.78, 5) is 8.14. The third-order valence-corrected chi connectivity index (χ3v) is 17.0. The lowest BCUT2D eigenvalue weighted by molar-refractivity contribution is -0.137. The van der Waals surface area contributed by atoms with E-state index in [0.717, 1.165) is 79.7 Å². The number of rotatable bonds is 5. The Balaban J connectivity index is 1.17. The number of hydrogen-bond donors (Lipinski definition) is 0. The minimum Gasteiger partial charge on any atom is -0.311 e. The molecule has 12 rings (SSSR count). The smallest absolute Gasteiger partial charge is 0.311 e. The van der Waals surface area contributed by atoms with Crippen molar-refractivity contribution in [3.8, 4) is 27.9 Å². The van der Waals surface area contributed by atoms with E-state index in [-0.39, 0.29) is 45.3 Å². The molecule has 0 spiro atoms. The SMILES string of the molecule is [C-]#[N+]c1ccc(-c2cc(C(F)(F)F)ccc2-n2c3ccccc3c3cc(-c4cc5c6c(c4)N(c4cc(C(C)(C)C)cc(C(C)(C)C)c4)c4ccccc4B6c4ccccc4N5c4cc(C(C)(C)C)cc(C(C)(C)C)c4)ccc32)c(C(F)(F)F)c1. The molecule has 2 aliphatic heterocycles. The quantitative estimate of drug-likeness (QED) is 0.0970. The fourth-order valence-corrected chi connectivity index (χ4v) is 12.4. The summed E-state index contributed by atoms with van der Waals surface area (Å²) in [5, 5.41) is 1.51. The molecule has 0 amide bonds. The molecule has 0 saturated carbocycles. The standard InChI is InChI=1S/C73H65BF6N4/c1-68(2,3)46-35-47(69(4,5)6)38-51(37-46)82-63-24-18-15-21-58(63)74-59-22-16-19-25-64(59)83(52-39-48(70(7,8)9)36-49(40-52)71(10,11)12)66-34-44(33-65(82)67(66)74)43-26-30-61-55(32-43)54-20-14-17-23-60(54)84(61)62-31-27-45(72(75,76)77)41-56(62)53-29-28-50(81-13)42-57(53)73(78,79)80/h14-42H,1-12H3. The maximum Gasteiger partial charge on any atom is 0.416 e. The first kappa shape index (κ1) is 56.0. The van der Waals surface area contributed by atoms with Crippen molar-refractivity contribution in [3.05, 3.63) is 221 Å². The Hall–Kier alpha value is -8.49. The van der Waals surface area contributed by atoms with Crippen LogP contribution in [0.2, 0.25) is 0 Å². The molecule has 0 radical (unpaired) electrons. The Morgan fingerprint density at radius 2 is 0.869 bits per heavy atom. The second-order valence-corrected chi connectivity index (χ2v) is 26.8. The van der Waals surface area contributed by atoms with Crippen LogP contribution >= 0.6 is 0 Å². The van der Waals surface area contributed by atoms with Gasteiger partial charge in [-0.25, -0.2) is 4.85 Å². The van der Waals surface area contributed by atoms with Crippen LogP contribution in [0.1, 0.15) is 116 Å². The van der Waals surface area contributed by atoms with E-state index in [2.05, 4.69) is 201 Å². The fourth-order valence-electron chi connectivity index (χ4n) is 12.4. The van der Waals surface area contributed by atoms with E-state index in [0.29, 0.717) is 17.1 Å². The first-order valence-electron chi connectivity index (χ1n) is 28.5. The maximum absolute atomic E-state index is 15.1. The average Bonchev–Trinajstić information content (AvgIpc) is 3.92. The lowest BCUT2D eigenvalue weighted by Gasteiger charge is -2.45. The molecule has 0 bridgehead atoms. The molecule has 11 heteroatoms. The summed E-state index contributed by atoms with van der Waals surface area (Å²) in [6, 6.07) is 55.7. The summed E-state index contributed by atoms with van der Waals surface area (Å²) in [6.07, 6.45) is -9.86. The van der Waals surface area contributed by atoms with Crippen molar-refractivity contribution in [1.29, 1.82) is 0 Å². The number of para-hydroxylation sites is 3. The van der Waals surface area contributed by atoms with Crippen molar-refractivity contribution < 1.29 is 26.3 Å². The third-order valence-electron chi connectivity index (χ3n) is 17.0. The second-order valence-electron chi connectivity index (χ2n) is 26.8. The molecule has 0 saturated heterocycles. The van der Waals surface area contributed by atoms with Gasteiger partial charge in [-0.2, -0.15) is 26.3 Å². The van der Waals surface area contributed by atoms with Gasteiger partial charge in [0.1, 0.15) is 0 Å². The number of nitrogens with zero attached hydrogens (tertiary/aromatic N) is 4. The minimum absolute atomic E-state index is 0.120. The summed E-state index contributed by atoms with van der Waals surface area (Å²) in [5.74, 6) is 0. The van der Waals surface area contributed by atoms with Crippen molar-refractivity contribution in [2.45, 2.75) is 117 Å². The molecule has 10 aromatic rings. The lowest BCUT2D eigenvalue weighted by atomic mass is 9.33. The Labute approximate surface area is 488 Å². The summed E-state index contributed by atoms with van der Waals surface area (Å²) >= 11 is 0. The minimum atomic E-state index is -4.99. The number of anilines is 6. The predicted octanol–water partition coefficient (Wildman–Crippen LogP) is 20.0. The van der Waals surface area contributed by atoms with E-state index in [1.54, 1.807) is 4.57 Å². The molecule has 9 aromatic carbocycles. The monoisotopic (exact) mass is 1120 g/mol. The van der Waals surface area contributed by atoms with Crippen molar-refractivity contribution >= 4 is 84.7 Å². The van der Waals surface area contributed by atoms with Crippen LogP contribution in [0.25, 0.3) is 54.6 Å². The van der Waals surface area contributed by atoms with Crippen molar-refractivity contribution in [1.82, 2.24) is 4.57 Å². The van der Waals surface area contributed by atoms with Gasteiger partial charge in [0.2, 0.25) is 0 Å². The van der Waals surface area contributed by atoms with E-state index >= 15 is 13.2 Å². The van der Waals surface area contributed by atoms with Crippen LogP contribution in [0.15, 0.2) is 176 Å². The van der Waals surface area contributed by atoms with Crippen LogP contribution in [0.4, 0.5) is 66.2 Å². The Morgan fingerprint density at radius 3 is 1.36 bits per heavy atom. The molecule has 4 nitrogen and oxygen atoms in total. The molecule has 0 N–H and O–H groups in total. The highest BCUT2D eigenvalue weighted by Crippen LogP contribution is 2.50. The summed E-state index contributed by atoms with van der Waals surface area (Å²) in [7, 11) is 0. The normalized spacial score (nSPS) is 13.8. The Kier molecular flexibility index (Phi) is 12.9. The van der Waals surface area contributed by atoms with Crippen LogP contribution < -0.4 is 26.2 Å². The maximum atomic E-state index is 15.1. The average molecular weight is 1120 g/mol. The van der Waals surface area contributed by atoms with Gasteiger partial charge in [-0.3, -0.25) is 0 Å². The first-order chi connectivity index (χ1) is 39.4. The van der Waals surface area contributed by atoms with Gasteiger partial charge in [0, 0.05) is 50.5 Å². The summed E-state index contributed by atoms with van der Waals surface area (Å²) < 4.78 is 91.0. The van der Waals surface area contributed by atoms with E-state index in [4.69, 9.17) is 6.57 Å². The van der Waals surface area contributed by atoms with E-state index in [9.17, 15) is 13.2 Å². The number of aromatic nitrogens is 1. The molecule has 0 aliphatic carbocycles. The number of alkyl halides is 6. The molecular formula is C73H65BF6N4. The van der Waals surface area contributed by atoms with Gasteiger partial charge in [0.05, 0.1) is 34.4 Å². The second kappa shape index (κ2) is 19.3. The van der Waals surface area contributed by atoms with Crippen molar-refractivity contribution in [2.24, 2.45) is 0 Å². The van der Waals surface area contributed by atoms with Crippen LogP contribution in [-0.4, -0.2) is 11.3 Å². The highest BCUT2D eigenvalue weighted by Gasteiger charge is 2.45. The number of hydrogen-bond acceptors (Lipinski definition) is 2. The van der Waals surface area contributed by atoms with E-state index < -0.39 is 29.0 Å². The largest absolute Gasteiger partial charge is 0.416 e. The molecule has 0 atom stereocenters. The van der Waals surface area contributed by atoms with Gasteiger partial charge in [-0.05, 0) is 168 Å². The summed E-state index contributed by atoms with van der Waals surface area (Å²) in [5.41, 5.74) is 13.6. The highest BCUT2D eigenvalue weighted by atomic mass is 19.4. The van der Waals surface area contributed by atoms with Crippen LogP contribution in [0.3, 0.4) is 0 Å². The zero-order chi connectivity index (χ0) is 60.0. The van der Waals surface area contributed by atoms with Gasteiger partial charge in [-0.15, -0.1) is 0 Å². The van der Waals surface area contributed by atoms with E-state index in [1.807, 2.05) is 36.4 Å². The van der Waals surface area contributed by atoms with Crippen LogP contribution in [-0.2, 0) is 34.0 Å². The van der Waals surface area contributed by atoms with Gasteiger partial charge in [0.15, 0.2) is 5.69 Å². The van der Waals surface area contributed by atoms with Crippen molar-refractivity contribution in [2.75, 3.05) is 9.80 Å².